The summed E-state index contributed by atoms with van der Waals surface area (Å²) in [4.78, 5) is 42.9. The third-order valence-electron chi connectivity index (χ3n) is 6.65. The summed E-state index contributed by atoms with van der Waals surface area (Å²) in [6.45, 7) is 4.09. The highest BCUT2D eigenvalue weighted by Crippen LogP contribution is 2.34. The van der Waals surface area contributed by atoms with Crippen LogP contribution in [-0.4, -0.2) is 25.0 Å². The molecule has 5 rings (SSSR count). The van der Waals surface area contributed by atoms with Crippen molar-refractivity contribution in [2.75, 3.05) is 16.9 Å². The first-order chi connectivity index (χ1) is 19.3. The second-order valence-corrected chi connectivity index (χ2v) is 10.1. The zero-order chi connectivity index (χ0) is 28.4. The van der Waals surface area contributed by atoms with E-state index in [1.54, 1.807) is 79.9 Å². The van der Waals surface area contributed by atoms with Gasteiger partial charge in [0.25, 0.3) is 11.8 Å². The normalized spacial score (nSPS) is 13.6. The van der Waals surface area contributed by atoms with Crippen LogP contribution in [0.15, 0.2) is 96.6 Å². The van der Waals surface area contributed by atoms with E-state index in [4.69, 9.17) is 16.3 Å². The van der Waals surface area contributed by atoms with Gasteiger partial charge in [0, 0.05) is 17.0 Å². The second-order valence-electron chi connectivity index (χ2n) is 9.65. The fourth-order valence-electron chi connectivity index (χ4n) is 4.95. The number of urea groups is 1. The molecule has 0 unspecified atom stereocenters. The predicted octanol–water partition coefficient (Wildman–Crippen LogP) is 7.14. The van der Waals surface area contributed by atoms with Crippen LogP contribution in [-0.2, 0) is 16.0 Å². The van der Waals surface area contributed by atoms with Gasteiger partial charge in [-0.15, -0.1) is 0 Å². The predicted molar refractivity (Wildman–Crippen MR) is 158 cm³/mol. The van der Waals surface area contributed by atoms with E-state index in [0.717, 1.165) is 32.1 Å². The number of barbiturate groups is 1. The maximum absolute atomic E-state index is 13.7. The molecule has 1 aliphatic heterocycles. The number of amides is 4. The molecule has 0 bridgehead atoms. The number of carbonyl (C=O) groups excluding carboxylic acids is 3. The van der Waals surface area contributed by atoms with E-state index in [-0.39, 0.29) is 5.57 Å². The Morgan fingerprint density at radius 2 is 1.27 bits per heavy atom. The fourth-order valence-corrected chi connectivity index (χ4v) is 5.24. The Hall–Kier alpha value is -4.68. The van der Waals surface area contributed by atoms with Crippen LogP contribution < -0.4 is 14.5 Å². The molecule has 0 N–H and O–H groups in total. The number of aryl methyl sites for hydroxylation is 2. The van der Waals surface area contributed by atoms with Gasteiger partial charge in [-0.3, -0.25) is 9.59 Å². The van der Waals surface area contributed by atoms with Gasteiger partial charge in [-0.1, -0.05) is 77.3 Å². The quantitative estimate of drug-likeness (QED) is 0.189. The van der Waals surface area contributed by atoms with Crippen LogP contribution in [0.5, 0.6) is 5.75 Å². The van der Waals surface area contributed by atoms with Crippen LogP contribution in [0, 0.1) is 13.8 Å². The molecule has 6 nitrogen and oxygen atoms in total. The Balaban J connectivity index is 1.59. The summed E-state index contributed by atoms with van der Waals surface area (Å²) in [6.07, 6.45) is 2.01. The monoisotopic (exact) mass is 550 g/mol. The van der Waals surface area contributed by atoms with Crippen molar-refractivity contribution in [1.29, 1.82) is 0 Å². The van der Waals surface area contributed by atoms with Crippen LogP contribution in [0.3, 0.4) is 0 Å². The highest BCUT2D eigenvalue weighted by atomic mass is 35.5. The van der Waals surface area contributed by atoms with Crippen molar-refractivity contribution in [2.45, 2.75) is 20.3 Å². The molecule has 1 saturated heterocycles. The molecule has 40 heavy (non-hydrogen) atoms. The molecule has 0 spiro atoms. The molecule has 7 heteroatoms. The van der Waals surface area contributed by atoms with Gasteiger partial charge in [-0.25, -0.2) is 14.6 Å². The minimum absolute atomic E-state index is 0.174. The van der Waals surface area contributed by atoms with E-state index in [2.05, 4.69) is 18.2 Å². The number of nitrogens with zero attached hydrogens (tertiary/aromatic N) is 2. The lowest BCUT2D eigenvalue weighted by atomic mass is 9.98. The number of carbonyl (C=O) groups is 3. The van der Waals surface area contributed by atoms with Gasteiger partial charge in [0.2, 0.25) is 0 Å². The molecular weight excluding hydrogens is 524 g/mol. The van der Waals surface area contributed by atoms with Crippen LogP contribution in [0.1, 0.15) is 27.8 Å². The Labute approximate surface area is 238 Å². The lowest BCUT2D eigenvalue weighted by Crippen LogP contribution is -2.57. The largest absolute Gasteiger partial charge is 0.496 e. The Morgan fingerprint density at radius 1 is 0.750 bits per heavy atom. The summed E-state index contributed by atoms with van der Waals surface area (Å²) in [5, 5.41) is 0.442. The number of methoxy groups -OCH3 is 1. The van der Waals surface area contributed by atoms with E-state index in [1.165, 1.54) is 6.08 Å². The van der Waals surface area contributed by atoms with Crippen molar-refractivity contribution < 1.29 is 19.1 Å². The van der Waals surface area contributed by atoms with E-state index in [9.17, 15) is 14.4 Å². The molecule has 4 amide bonds. The number of rotatable bonds is 6. The Morgan fingerprint density at radius 3 is 1.77 bits per heavy atom. The SMILES string of the molecule is COc1cc(C=C2C(=O)N(c3ccccc3)C(=O)N(c3ccccc3)C2=O)cc(Cl)c1Cc1cc(C)cc(C)c1. The summed E-state index contributed by atoms with van der Waals surface area (Å²) >= 11 is 6.75. The van der Waals surface area contributed by atoms with Crippen molar-refractivity contribution in [3.05, 3.63) is 129 Å². The van der Waals surface area contributed by atoms with Gasteiger partial charge in [0.1, 0.15) is 11.3 Å². The van der Waals surface area contributed by atoms with Crippen molar-refractivity contribution >= 4 is 46.9 Å². The number of hydrogen-bond donors (Lipinski definition) is 0. The molecule has 0 atom stereocenters. The highest BCUT2D eigenvalue weighted by Gasteiger charge is 2.43. The lowest BCUT2D eigenvalue weighted by Gasteiger charge is -2.34. The lowest BCUT2D eigenvalue weighted by molar-refractivity contribution is -0.121. The number of ether oxygens (including phenoxy) is 1. The first kappa shape index (κ1) is 26.9. The molecule has 4 aromatic carbocycles. The number of hydrogen-bond acceptors (Lipinski definition) is 4. The maximum Gasteiger partial charge on any atom is 0.343 e. The van der Waals surface area contributed by atoms with E-state index in [0.29, 0.717) is 34.1 Å². The van der Waals surface area contributed by atoms with Crippen molar-refractivity contribution in [3.8, 4) is 5.75 Å². The Kier molecular flexibility index (Phi) is 7.54. The van der Waals surface area contributed by atoms with Gasteiger partial charge in [-0.05, 0) is 67.4 Å². The van der Waals surface area contributed by atoms with Gasteiger partial charge >= 0.3 is 6.03 Å². The molecule has 0 saturated carbocycles. The van der Waals surface area contributed by atoms with Gasteiger partial charge in [0.05, 0.1) is 18.5 Å². The van der Waals surface area contributed by atoms with Crippen molar-refractivity contribution in [1.82, 2.24) is 0 Å². The first-order valence-electron chi connectivity index (χ1n) is 12.7. The van der Waals surface area contributed by atoms with E-state index in [1.807, 2.05) is 13.8 Å². The zero-order valence-electron chi connectivity index (χ0n) is 22.4. The average Bonchev–Trinajstić information content (AvgIpc) is 2.93. The molecular formula is C33H27ClN2O4. The molecule has 1 aliphatic rings. The average molecular weight is 551 g/mol. The summed E-state index contributed by atoms with van der Waals surface area (Å²) in [7, 11) is 1.55. The molecule has 0 aliphatic carbocycles. The highest BCUT2D eigenvalue weighted by molar-refractivity contribution is 6.46. The van der Waals surface area contributed by atoms with Crippen LogP contribution in [0.25, 0.3) is 6.08 Å². The summed E-state index contributed by atoms with van der Waals surface area (Å²) < 4.78 is 5.68. The third-order valence-corrected chi connectivity index (χ3v) is 6.99. The zero-order valence-corrected chi connectivity index (χ0v) is 23.1. The fraction of sp³-hybridized carbons (Fsp3) is 0.121. The van der Waals surface area contributed by atoms with Crippen LogP contribution in [0.2, 0.25) is 5.02 Å². The van der Waals surface area contributed by atoms with Gasteiger partial charge < -0.3 is 4.74 Å². The number of halogens is 1. The number of anilines is 2. The summed E-state index contributed by atoms with van der Waals surface area (Å²) in [5.74, 6) is -0.907. The van der Waals surface area contributed by atoms with Crippen LogP contribution >= 0.6 is 11.6 Å². The van der Waals surface area contributed by atoms with Crippen molar-refractivity contribution in [2.24, 2.45) is 0 Å². The number of imide groups is 2. The molecule has 200 valence electrons. The third kappa shape index (κ3) is 5.26. The number of para-hydroxylation sites is 2. The second kappa shape index (κ2) is 11.2. The molecule has 1 fully saturated rings. The summed E-state index contributed by atoms with van der Waals surface area (Å²) in [6, 6.07) is 26.1. The van der Waals surface area contributed by atoms with Crippen molar-refractivity contribution in [3.63, 3.8) is 0 Å². The first-order valence-corrected chi connectivity index (χ1v) is 13.1. The molecule has 0 radical (unpaired) electrons. The topological polar surface area (TPSA) is 66.9 Å². The Bertz CT molecular complexity index is 1560. The van der Waals surface area contributed by atoms with E-state index >= 15 is 0 Å². The summed E-state index contributed by atoms with van der Waals surface area (Å²) in [5.41, 5.74) is 5.24. The molecule has 0 aromatic heterocycles. The van der Waals surface area contributed by atoms with Gasteiger partial charge in [0.15, 0.2) is 0 Å². The molecule has 1 heterocycles. The molecule has 4 aromatic rings. The van der Waals surface area contributed by atoms with Gasteiger partial charge in [-0.2, -0.15) is 0 Å². The minimum atomic E-state index is -0.746. The van der Waals surface area contributed by atoms with E-state index < -0.39 is 17.8 Å². The smallest absolute Gasteiger partial charge is 0.343 e. The number of benzene rings is 4. The standard InChI is InChI=1S/C33H27ClN2O4/c1-21-14-22(2)16-23(15-21)17-27-29(34)19-24(20-30(27)40-3)18-28-31(37)35(25-10-6-4-7-11-25)33(39)36(32(28)38)26-12-8-5-9-13-26/h4-16,18-20H,17H2,1-3H3. The minimum Gasteiger partial charge on any atom is -0.496 e. The maximum atomic E-state index is 13.7. The van der Waals surface area contributed by atoms with Crippen LogP contribution in [0.4, 0.5) is 16.2 Å².